The van der Waals surface area contributed by atoms with Crippen LogP contribution in [0.3, 0.4) is 0 Å². The van der Waals surface area contributed by atoms with Gasteiger partial charge in [-0.3, -0.25) is 0 Å². The van der Waals surface area contributed by atoms with Gasteiger partial charge in [0.1, 0.15) is 23.1 Å². The van der Waals surface area contributed by atoms with Gasteiger partial charge in [0.25, 0.3) is 0 Å². The van der Waals surface area contributed by atoms with Gasteiger partial charge in [-0.25, -0.2) is 0 Å². The highest BCUT2D eigenvalue weighted by Gasteiger charge is 2.11. The smallest absolute Gasteiger partial charge is 0.150 e. The minimum absolute atomic E-state index is 0.541. The Morgan fingerprint density at radius 1 is 1.16 bits per heavy atom. The summed E-state index contributed by atoms with van der Waals surface area (Å²) in [5.74, 6) is 2.02. The van der Waals surface area contributed by atoms with Gasteiger partial charge >= 0.3 is 0 Å². The Morgan fingerprint density at radius 2 is 1.89 bits per heavy atom. The van der Waals surface area contributed by atoms with Gasteiger partial charge in [0.05, 0.1) is 5.69 Å². The lowest BCUT2D eigenvalue weighted by Crippen LogP contribution is -1.94. The van der Waals surface area contributed by atoms with E-state index in [-0.39, 0.29) is 0 Å². The highest BCUT2D eigenvalue weighted by atomic mass is 32.2. The molecule has 2 aromatic carbocycles. The second kappa shape index (κ2) is 6.17. The third-order valence-electron chi connectivity index (χ3n) is 2.54. The molecule has 2 N–H and O–H groups in total. The Kier molecular flexibility index (Phi) is 4.32. The number of para-hydroxylation sites is 2. The third-order valence-corrected chi connectivity index (χ3v) is 3.48. The first-order chi connectivity index (χ1) is 9.26. The number of anilines is 1. The highest BCUT2D eigenvalue weighted by Crippen LogP contribution is 2.34. The van der Waals surface area contributed by atoms with Crippen molar-refractivity contribution in [3.05, 3.63) is 48.0 Å². The van der Waals surface area contributed by atoms with Crippen LogP contribution in [-0.2, 0) is 0 Å². The van der Waals surface area contributed by atoms with E-state index in [9.17, 15) is 5.26 Å². The quantitative estimate of drug-likeness (QED) is 0.672. The summed E-state index contributed by atoms with van der Waals surface area (Å²) < 4.78 is 5.76. The number of ether oxygens (including phenoxy) is 1. The maximum Gasteiger partial charge on any atom is 0.150 e. The molecule has 0 aromatic heterocycles. The molecule has 19 heavy (non-hydrogen) atoms. The summed E-state index contributed by atoms with van der Waals surface area (Å²) in [7, 11) is 0. The molecule has 0 aliphatic heterocycles. The van der Waals surface area contributed by atoms with Crippen LogP contribution in [0.15, 0.2) is 47.4 Å². The van der Waals surface area contributed by atoms with E-state index in [0.29, 0.717) is 22.7 Å². The van der Waals surface area contributed by atoms with E-state index in [1.165, 1.54) is 0 Å². The fraction of sp³-hybridized carbons (Fsp3) is 0.133. The van der Waals surface area contributed by atoms with Crippen molar-refractivity contribution in [2.45, 2.75) is 11.8 Å². The molecule has 0 heterocycles. The third kappa shape index (κ3) is 3.01. The van der Waals surface area contributed by atoms with Gasteiger partial charge in [-0.2, -0.15) is 5.26 Å². The Balaban J connectivity index is 2.38. The monoisotopic (exact) mass is 270 g/mol. The van der Waals surface area contributed by atoms with Crippen molar-refractivity contribution >= 4 is 17.4 Å². The molecule has 0 spiro atoms. The Hall–Kier alpha value is -2.12. The molecule has 3 nitrogen and oxygen atoms in total. The topological polar surface area (TPSA) is 59.0 Å². The minimum Gasteiger partial charge on any atom is -0.454 e. The largest absolute Gasteiger partial charge is 0.454 e. The summed E-state index contributed by atoms with van der Waals surface area (Å²) in [5.41, 5.74) is 6.95. The van der Waals surface area contributed by atoms with Gasteiger partial charge in [0.2, 0.25) is 0 Å². The van der Waals surface area contributed by atoms with Gasteiger partial charge in [-0.05, 0) is 30.0 Å². The van der Waals surface area contributed by atoms with Crippen molar-refractivity contribution in [1.29, 1.82) is 5.26 Å². The fourth-order valence-corrected chi connectivity index (χ4v) is 2.45. The molecular weight excluding hydrogens is 256 g/mol. The average Bonchev–Trinajstić information content (AvgIpc) is 2.42. The molecule has 2 rings (SSSR count). The molecular formula is C15H14N2OS. The molecule has 96 valence electrons. The molecule has 0 aliphatic rings. The molecule has 0 fully saturated rings. The van der Waals surface area contributed by atoms with Crippen molar-refractivity contribution in [1.82, 2.24) is 0 Å². The number of hydrogen-bond acceptors (Lipinski definition) is 4. The van der Waals surface area contributed by atoms with Crippen LogP contribution < -0.4 is 10.5 Å². The number of nitriles is 1. The van der Waals surface area contributed by atoms with Gasteiger partial charge in [0.15, 0.2) is 0 Å². The van der Waals surface area contributed by atoms with Crippen LogP contribution in [0.1, 0.15) is 12.5 Å². The Morgan fingerprint density at radius 3 is 2.58 bits per heavy atom. The number of thioether (sulfide) groups is 1. The fourth-order valence-electron chi connectivity index (χ4n) is 1.67. The minimum atomic E-state index is 0.541. The van der Waals surface area contributed by atoms with E-state index in [4.69, 9.17) is 10.5 Å². The van der Waals surface area contributed by atoms with Crippen LogP contribution in [0.4, 0.5) is 5.69 Å². The van der Waals surface area contributed by atoms with Gasteiger partial charge in [-0.15, -0.1) is 11.8 Å². The lowest BCUT2D eigenvalue weighted by molar-refractivity contribution is 0.482. The first-order valence-corrected chi connectivity index (χ1v) is 6.93. The Labute approximate surface area is 117 Å². The van der Waals surface area contributed by atoms with Crippen molar-refractivity contribution in [3.8, 4) is 17.6 Å². The van der Waals surface area contributed by atoms with Crippen LogP contribution in [-0.4, -0.2) is 5.75 Å². The van der Waals surface area contributed by atoms with Crippen LogP contribution in [0.2, 0.25) is 0 Å². The van der Waals surface area contributed by atoms with Crippen LogP contribution in [0.25, 0.3) is 0 Å². The molecule has 0 amide bonds. The normalized spacial score (nSPS) is 9.89. The van der Waals surface area contributed by atoms with E-state index < -0.39 is 0 Å². The zero-order valence-corrected chi connectivity index (χ0v) is 11.4. The predicted molar refractivity (Wildman–Crippen MR) is 78.5 cm³/mol. The van der Waals surface area contributed by atoms with E-state index in [1.54, 1.807) is 30.0 Å². The summed E-state index contributed by atoms with van der Waals surface area (Å²) >= 11 is 1.62. The Bertz CT molecular complexity index is 620. The summed E-state index contributed by atoms with van der Waals surface area (Å²) in [5, 5.41) is 9.30. The lowest BCUT2D eigenvalue weighted by Gasteiger charge is -2.11. The molecule has 0 saturated carbocycles. The average molecular weight is 270 g/mol. The van der Waals surface area contributed by atoms with Crippen molar-refractivity contribution in [2.75, 3.05) is 11.5 Å². The molecule has 0 aliphatic carbocycles. The molecule has 0 saturated heterocycles. The molecule has 2 aromatic rings. The highest BCUT2D eigenvalue weighted by molar-refractivity contribution is 7.99. The second-order valence-electron chi connectivity index (χ2n) is 3.81. The van der Waals surface area contributed by atoms with E-state index in [2.05, 4.69) is 13.0 Å². The maximum absolute atomic E-state index is 9.30. The summed E-state index contributed by atoms with van der Waals surface area (Å²) in [6.45, 7) is 2.05. The molecule has 0 unspecified atom stereocenters. The zero-order chi connectivity index (χ0) is 13.7. The lowest BCUT2D eigenvalue weighted by atomic mass is 10.2. The van der Waals surface area contributed by atoms with Crippen molar-refractivity contribution in [3.63, 3.8) is 0 Å². The molecule has 0 atom stereocenters. The van der Waals surface area contributed by atoms with Crippen LogP contribution >= 0.6 is 11.8 Å². The predicted octanol–water partition coefficient (Wildman–Crippen LogP) is 4.04. The summed E-state index contributed by atoms with van der Waals surface area (Å²) in [6, 6.07) is 15.0. The number of nitrogen functional groups attached to an aromatic ring is 1. The van der Waals surface area contributed by atoms with Gasteiger partial charge < -0.3 is 10.5 Å². The number of hydrogen-bond donors (Lipinski definition) is 1. The molecule has 4 heteroatoms. The number of nitrogens with two attached hydrogens (primary N) is 1. The number of nitrogens with zero attached hydrogens (tertiary/aromatic N) is 1. The van der Waals surface area contributed by atoms with Crippen LogP contribution in [0, 0.1) is 11.3 Å². The molecule has 0 radical (unpaired) electrons. The SMILES string of the molecule is CCSc1cccc(Oc2ccccc2N)c1C#N. The van der Waals surface area contributed by atoms with Gasteiger partial charge in [0, 0.05) is 4.90 Å². The molecule has 0 bridgehead atoms. The van der Waals surface area contributed by atoms with Gasteiger partial charge in [-0.1, -0.05) is 25.1 Å². The van der Waals surface area contributed by atoms with E-state index in [0.717, 1.165) is 10.6 Å². The summed E-state index contributed by atoms with van der Waals surface area (Å²) in [6.07, 6.45) is 0. The first kappa shape index (κ1) is 13.3. The summed E-state index contributed by atoms with van der Waals surface area (Å²) in [4.78, 5) is 0.928. The number of benzene rings is 2. The maximum atomic E-state index is 9.30. The van der Waals surface area contributed by atoms with Crippen molar-refractivity contribution < 1.29 is 4.74 Å². The first-order valence-electron chi connectivity index (χ1n) is 5.94. The van der Waals surface area contributed by atoms with E-state index >= 15 is 0 Å². The number of rotatable bonds is 4. The van der Waals surface area contributed by atoms with E-state index in [1.807, 2.05) is 24.3 Å². The second-order valence-corrected chi connectivity index (χ2v) is 5.12. The van der Waals surface area contributed by atoms with Crippen LogP contribution in [0.5, 0.6) is 11.5 Å². The standard InChI is InChI=1S/C15H14N2OS/c1-2-19-15-9-5-8-13(11(15)10-16)18-14-7-4-3-6-12(14)17/h3-9H,2,17H2,1H3. The zero-order valence-electron chi connectivity index (χ0n) is 10.6. The van der Waals surface area contributed by atoms with Crippen molar-refractivity contribution in [2.24, 2.45) is 0 Å².